The third-order valence-corrected chi connectivity index (χ3v) is 1.75. The summed E-state index contributed by atoms with van der Waals surface area (Å²) in [5.41, 5.74) is 1.17. The molecule has 0 aliphatic rings. The quantitative estimate of drug-likeness (QED) is 0.556. The Kier molecular flexibility index (Phi) is 4.10. The van der Waals surface area contributed by atoms with Crippen LogP contribution in [0.4, 0.5) is 5.69 Å². The minimum Gasteiger partial charge on any atom is -0.423 e. The molecule has 1 rings (SSSR count). The molecule has 0 unspecified atom stereocenters. The minimum absolute atomic E-state index is 0.383. The van der Waals surface area contributed by atoms with E-state index in [2.05, 4.69) is 4.99 Å². The molecule has 0 spiro atoms. The van der Waals surface area contributed by atoms with E-state index in [4.69, 9.17) is 10.0 Å². The number of aliphatic imine (C=N–C) groups is 1. The molecule has 14 heavy (non-hydrogen) atoms. The highest BCUT2D eigenvalue weighted by Gasteiger charge is 2.10. The zero-order valence-corrected chi connectivity index (χ0v) is 7.96. The SMILES string of the molecule is C/C=C(\C=Nc1ccccc1)B(O)O. The molecule has 0 aromatic heterocycles. The fraction of sp³-hybridized carbons (Fsp3) is 0.100. The van der Waals surface area contributed by atoms with Crippen molar-refractivity contribution in [3.63, 3.8) is 0 Å². The van der Waals surface area contributed by atoms with Gasteiger partial charge >= 0.3 is 7.12 Å². The first-order chi connectivity index (χ1) is 6.74. The molecule has 2 N–H and O–H groups in total. The van der Waals surface area contributed by atoms with Gasteiger partial charge in [0.25, 0.3) is 0 Å². The van der Waals surface area contributed by atoms with Gasteiger partial charge < -0.3 is 10.0 Å². The van der Waals surface area contributed by atoms with Crippen molar-refractivity contribution in [2.24, 2.45) is 4.99 Å². The molecule has 0 bridgehead atoms. The Morgan fingerprint density at radius 2 is 1.93 bits per heavy atom. The number of hydrogen-bond donors (Lipinski definition) is 2. The van der Waals surface area contributed by atoms with Crippen molar-refractivity contribution in [3.05, 3.63) is 41.9 Å². The lowest BCUT2D eigenvalue weighted by Gasteiger charge is -1.97. The summed E-state index contributed by atoms with van der Waals surface area (Å²) in [4.78, 5) is 4.09. The van der Waals surface area contributed by atoms with Gasteiger partial charge in [0.15, 0.2) is 0 Å². The van der Waals surface area contributed by atoms with Crippen LogP contribution >= 0.6 is 0 Å². The predicted octanol–water partition coefficient (Wildman–Crippen LogP) is 1.35. The number of rotatable bonds is 3. The van der Waals surface area contributed by atoms with E-state index in [0.29, 0.717) is 5.47 Å². The van der Waals surface area contributed by atoms with Crippen LogP contribution in [0, 0.1) is 0 Å². The zero-order valence-electron chi connectivity index (χ0n) is 7.96. The molecule has 0 heterocycles. The Bertz CT molecular complexity index is 333. The Labute approximate surface area is 83.6 Å². The molecule has 0 radical (unpaired) electrons. The summed E-state index contributed by atoms with van der Waals surface area (Å²) in [7, 11) is -1.47. The van der Waals surface area contributed by atoms with E-state index in [1.807, 2.05) is 30.3 Å². The standard InChI is InChI=1S/C10H12BNO2/c1-2-9(11(13)14)8-12-10-6-4-3-5-7-10/h2-8,13-14H,1H3/b9-2+,12-8?. The van der Waals surface area contributed by atoms with Gasteiger partial charge in [-0.15, -0.1) is 0 Å². The van der Waals surface area contributed by atoms with Crippen molar-refractivity contribution >= 4 is 19.0 Å². The largest absolute Gasteiger partial charge is 0.489 e. The highest BCUT2D eigenvalue weighted by molar-refractivity contribution is 6.57. The molecule has 0 fully saturated rings. The van der Waals surface area contributed by atoms with E-state index < -0.39 is 7.12 Å². The minimum atomic E-state index is -1.47. The van der Waals surface area contributed by atoms with Gasteiger partial charge in [-0.3, -0.25) is 4.99 Å². The average Bonchev–Trinajstić information content (AvgIpc) is 2.20. The van der Waals surface area contributed by atoms with Crippen LogP contribution in [-0.4, -0.2) is 23.4 Å². The van der Waals surface area contributed by atoms with Crippen LogP contribution in [0.1, 0.15) is 6.92 Å². The van der Waals surface area contributed by atoms with Gasteiger partial charge in [-0.05, 0) is 24.5 Å². The Morgan fingerprint density at radius 1 is 1.29 bits per heavy atom. The molecule has 4 heteroatoms. The summed E-state index contributed by atoms with van der Waals surface area (Å²) in [5, 5.41) is 17.8. The van der Waals surface area contributed by atoms with Gasteiger partial charge in [0, 0.05) is 6.21 Å². The zero-order chi connectivity index (χ0) is 10.4. The lowest BCUT2D eigenvalue weighted by Crippen LogP contribution is -2.15. The van der Waals surface area contributed by atoms with E-state index in [9.17, 15) is 0 Å². The fourth-order valence-electron chi connectivity index (χ4n) is 0.953. The van der Waals surface area contributed by atoms with Gasteiger partial charge in [-0.2, -0.15) is 0 Å². The third-order valence-electron chi connectivity index (χ3n) is 1.75. The van der Waals surface area contributed by atoms with Gasteiger partial charge in [0.2, 0.25) is 0 Å². The van der Waals surface area contributed by atoms with E-state index in [1.165, 1.54) is 6.21 Å². The van der Waals surface area contributed by atoms with Gasteiger partial charge in [0.05, 0.1) is 5.69 Å². The molecule has 0 aliphatic carbocycles. The van der Waals surface area contributed by atoms with E-state index in [1.54, 1.807) is 13.0 Å². The molecule has 1 aromatic rings. The topological polar surface area (TPSA) is 52.8 Å². The molecular weight excluding hydrogens is 177 g/mol. The van der Waals surface area contributed by atoms with Crippen LogP contribution in [0.25, 0.3) is 0 Å². The lowest BCUT2D eigenvalue weighted by atomic mass is 9.80. The molecule has 1 aromatic carbocycles. The molecule has 0 saturated heterocycles. The maximum absolute atomic E-state index is 8.89. The van der Waals surface area contributed by atoms with Gasteiger partial charge in [-0.25, -0.2) is 0 Å². The summed E-state index contributed by atoms with van der Waals surface area (Å²) in [5.74, 6) is 0. The maximum Gasteiger partial charge on any atom is 0.489 e. The first kappa shape index (κ1) is 10.7. The smallest absolute Gasteiger partial charge is 0.423 e. The van der Waals surface area contributed by atoms with E-state index >= 15 is 0 Å². The highest BCUT2D eigenvalue weighted by Crippen LogP contribution is 2.09. The number of benzene rings is 1. The number of allylic oxidation sites excluding steroid dienone is 2. The Hall–Kier alpha value is -1.39. The van der Waals surface area contributed by atoms with Crippen molar-refractivity contribution in [3.8, 4) is 0 Å². The number of hydrogen-bond acceptors (Lipinski definition) is 3. The predicted molar refractivity (Wildman–Crippen MR) is 58.5 cm³/mol. The Balaban J connectivity index is 2.73. The molecule has 0 aliphatic heterocycles. The van der Waals surface area contributed by atoms with E-state index in [0.717, 1.165) is 5.69 Å². The molecule has 72 valence electrons. The number of para-hydroxylation sites is 1. The first-order valence-electron chi connectivity index (χ1n) is 4.35. The summed E-state index contributed by atoms with van der Waals surface area (Å²) >= 11 is 0. The second kappa shape index (κ2) is 5.37. The second-order valence-corrected chi connectivity index (χ2v) is 2.76. The summed E-state index contributed by atoms with van der Waals surface area (Å²) in [6, 6.07) is 9.33. The van der Waals surface area contributed by atoms with Gasteiger partial charge in [0.1, 0.15) is 0 Å². The van der Waals surface area contributed by atoms with Crippen molar-refractivity contribution in [1.29, 1.82) is 0 Å². The Morgan fingerprint density at radius 3 is 2.43 bits per heavy atom. The van der Waals surface area contributed by atoms with Gasteiger partial charge in [-0.1, -0.05) is 24.3 Å². The molecular formula is C10H12BNO2. The van der Waals surface area contributed by atoms with Crippen molar-refractivity contribution in [2.45, 2.75) is 6.92 Å². The lowest BCUT2D eigenvalue weighted by molar-refractivity contribution is 0.422. The summed E-state index contributed by atoms with van der Waals surface area (Å²) < 4.78 is 0. The van der Waals surface area contributed by atoms with Crippen molar-refractivity contribution < 1.29 is 10.0 Å². The van der Waals surface area contributed by atoms with Crippen LogP contribution in [0.3, 0.4) is 0 Å². The van der Waals surface area contributed by atoms with Crippen LogP contribution in [0.15, 0.2) is 46.9 Å². The summed E-state index contributed by atoms with van der Waals surface area (Å²) in [6.07, 6.45) is 3.05. The normalized spacial score (nSPS) is 12.1. The maximum atomic E-state index is 8.89. The van der Waals surface area contributed by atoms with E-state index in [-0.39, 0.29) is 0 Å². The number of nitrogens with zero attached hydrogens (tertiary/aromatic N) is 1. The van der Waals surface area contributed by atoms with Crippen molar-refractivity contribution in [2.75, 3.05) is 0 Å². The summed E-state index contributed by atoms with van der Waals surface area (Å²) in [6.45, 7) is 1.73. The first-order valence-corrected chi connectivity index (χ1v) is 4.35. The van der Waals surface area contributed by atoms with Crippen molar-refractivity contribution in [1.82, 2.24) is 0 Å². The van der Waals surface area contributed by atoms with Crippen LogP contribution < -0.4 is 0 Å². The molecule has 0 amide bonds. The third kappa shape index (κ3) is 3.16. The fourth-order valence-corrected chi connectivity index (χ4v) is 0.953. The highest BCUT2D eigenvalue weighted by atomic mass is 16.4. The second-order valence-electron chi connectivity index (χ2n) is 2.76. The van der Waals surface area contributed by atoms with Crippen LogP contribution in [0.5, 0.6) is 0 Å². The molecule has 0 atom stereocenters. The van der Waals surface area contributed by atoms with Crippen LogP contribution in [-0.2, 0) is 0 Å². The average molecular weight is 189 g/mol. The monoisotopic (exact) mass is 189 g/mol. The molecule has 3 nitrogen and oxygen atoms in total. The molecule has 0 saturated carbocycles. The van der Waals surface area contributed by atoms with Crippen LogP contribution in [0.2, 0.25) is 0 Å².